The van der Waals surface area contributed by atoms with Gasteiger partial charge in [-0.1, -0.05) is 19.3 Å². The molecular weight excluding hydrogens is 190 g/mol. The van der Waals surface area contributed by atoms with Crippen LogP contribution in [0.15, 0.2) is 0 Å². The molecule has 2 unspecified atom stereocenters. The standard InChI is InChI=1S/C12H19NO2/c1-12(10-5-3-2-4-6-10)14-9-11(15-12)7-8-13/h10-11H,2-7,9H2,1H3. The van der Waals surface area contributed by atoms with Crippen LogP contribution in [0.4, 0.5) is 0 Å². The monoisotopic (exact) mass is 209 g/mol. The second-order valence-electron chi connectivity index (χ2n) is 4.76. The number of nitrogens with zero attached hydrogens (tertiary/aromatic N) is 1. The summed E-state index contributed by atoms with van der Waals surface area (Å²) in [6, 6.07) is 2.15. The summed E-state index contributed by atoms with van der Waals surface area (Å²) in [6.45, 7) is 2.63. The van der Waals surface area contributed by atoms with Gasteiger partial charge < -0.3 is 9.47 Å². The largest absolute Gasteiger partial charge is 0.347 e. The van der Waals surface area contributed by atoms with Crippen molar-refractivity contribution in [3.63, 3.8) is 0 Å². The van der Waals surface area contributed by atoms with Crippen LogP contribution in [0.25, 0.3) is 0 Å². The summed E-state index contributed by atoms with van der Waals surface area (Å²) in [5.74, 6) is 0.108. The number of hydrogen-bond donors (Lipinski definition) is 0. The van der Waals surface area contributed by atoms with Crippen molar-refractivity contribution in [2.45, 2.75) is 57.3 Å². The van der Waals surface area contributed by atoms with Gasteiger partial charge in [-0.05, 0) is 19.8 Å². The molecule has 2 rings (SSSR count). The zero-order valence-corrected chi connectivity index (χ0v) is 9.37. The van der Waals surface area contributed by atoms with E-state index in [0.717, 1.165) is 0 Å². The van der Waals surface area contributed by atoms with E-state index < -0.39 is 5.79 Å². The topological polar surface area (TPSA) is 42.2 Å². The van der Waals surface area contributed by atoms with Crippen LogP contribution in [0, 0.1) is 17.2 Å². The minimum Gasteiger partial charge on any atom is -0.347 e. The highest BCUT2D eigenvalue weighted by Crippen LogP contribution is 2.39. The molecule has 2 atom stereocenters. The highest BCUT2D eigenvalue weighted by atomic mass is 16.7. The lowest BCUT2D eigenvalue weighted by Gasteiger charge is -2.35. The fourth-order valence-corrected chi connectivity index (χ4v) is 2.70. The lowest BCUT2D eigenvalue weighted by atomic mass is 9.84. The predicted octanol–water partition coefficient (Wildman–Crippen LogP) is 2.61. The summed E-state index contributed by atoms with van der Waals surface area (Å²) in [4.78, 5) is 0. The van der Waals surface area contributed by atoms with E-state index >= 15 is 0 Å². The molecule has 2 fully saturated rings. The van der Waals surface area contributed by atoms with Gasteiger partial charge in [-0.2, -0.15) is 5.26 Å². The van der Waals surface area contributed by atoms with Crippen molar-refractivity contribution in [3.8, 4) is 6.07 Å². The Morgan fingerprint density at radius 2 is 2.07 bits per heavy atom. The van der Waals surface area contributed by atoms with Crippen molar-refractivity contribution < 1.29 is 9.47 Å². The normalized spacial score (nSPS) is 37.7. The summed E-state index contributed by atoms with van der Waals surface area (Å²) in [5, 5.41) is 8.62. The van der Waals surface area contributed by atoms with Gasteiger partial charge >= 0.3 is 0 Å². The van der Waals surface area contributed by atoms with Gasteiger partial charge in [-0.25, -0.2) is 0 Å². The average molecular weight is 209 g/mol. The van der Waals surface area contributed by atoms with Gasteiger partial charge in [0.25, 0.3) is 0 Å². The van der Waals surface area contributed by atoms with Crippen molar-refractivity contribution in [1.82, 2.24) is 0 Å². The number of ether oxygens (including phenoxy) is 2. The molecule has 0 radical (unpaired) electrons. The molecular formula is C12H19NO2. The molecule has 0 aromatic carbocycles. The van der Waals surface area contributed by atoms with Gasteiger partial charge in [-0.3, -0.25) is 0 Å². The SMILES string of the molecule is CC1(C2CCCCC2)OCC(CC#N)O1. The predicted molar refractivity (Wildman–Crippen MR) is 56.0 cm³/mol. The minimum atomic E-state index is -0.415. The van der Waals surface area contributed by atoms with Gasteiger partial charge in [0.1, 0.15) is 0 Å². The van der Waals surface area contributed by atoms with Crippen LogP contribution in [-0.2, 0) is 9.47 Å². The van der Waals surface area contributed by atoms with Gasteiger partial charge in [0.2, 0.25) is 0 Å². The molecule has 3 heteroatoms. The lowest BCUT2D eigenvalue weighted by Crippen LogP contribution is -2.37. The minimum absolute atomic E-state index is 0.0121. The summed E-state index contributed by atoms with van der Waals surface area (Å²) in [6.07, 6.45) is 6.76. The lowest BCUT2D eigenvalue weighted by molar-refractivity contribution is -0.197. The van der Waals surface area contributed by atoms with E-state index in [2.05, 4.69) is 6.07 Å². The smallest absolute Gasteiger partial charge is 0.168 e. The maximum Gasteiger partial charge on any atom is 0.168 e. The summed E-state index contributed by atoms with van der Waals surface area (Å²) >= 11 is 0. The maximum atomic E-state index is 8.62. The van der Waals surface area contributed by atoms with E-state index in [1.165, 1.54) is 32.1 Å². The van der Waals surface area contributed by atoms with E-state index in [1.54, 1.807) is 0 Å². The second kappa shape index (κ2) is 4.51. The molecule has 1 aliphatic heterocycles. The Balaban J connectivity index is 1.93. The average Bonchev–Trinajstić information content (AvgIpc) is 2.64. The Morgan fingerprint density at radius 1 is 1.33 bits per heavy atom. The van der Waals surface area contributed by atoms with Gasteiger partial charge in [0, 0.05) is 5.92 Å². The van der Waals surface area contributed by atoms with Gasteiger partial charge in [-0.15, -0.1) is 0 Å². The molecule has 0 spiro atoms. The fraction of sp³-hybridized carbons (Fsp3) is 0.917. The van der Waals surface area contributed by atoms with Gasteiger partial charge in [0.15, 0.2) is 5.79 Å². The molecule has 0 N–H and O–H groups in total. The summed E-state index contributed by atoms with van der Waals surface area (Å²) in [5.41, 5.74) is 0. The maximum absolute atomic E-state index is 8.62. The first-order valence-corrected chi connectivity index (χ1v) is 5.93. The second-order valence-corrected chi connectivity index (χ2v) is 4.76. The molecule has 84 valence electrons. The molecule has 0 aromatic rings. The third-order valence-electron chi connectivity index (χ3n) is 3.62. The Hall–Kier alpha value is -0.590. The van der Waals surface area contributed by atoms with Crippen molar-refractivity contribution in [2.75, 3.05) is 6.61 Å². The molecule has 1 saturated carbocycles. The zero-order chi connectivity index (χ0) is 10.7. The van der Waals surface area contributed by atoms with E-state index in [4.69, 9.17) is 14.7 Å². The van der Waals surface area contributed by atoms with E-state index in [-0.39, 0.29) is 6.10 Å². The third kappa shape index (κ3) is 2.32. The van der Waals surface area contributed by atoms with Crippen LogP contribution in [0.1, 0.15) is 45.4 Å². The molecule has 1 aliphatic carbocycles. The van der Waals surface area contributed by atoms with Crippen LogP contribution < -0.4 is 0 Å². The van der Waals surface area contributed by atoms with Crippen molar-refractivity contribution in [3.05, 3.63) is 0 Å². The quantitative estimate of drug-likeness (QED) is 0.702. The first kappa shape index (κ1) is 10.9. The summed E-state index contributed by atoms with van der Waals surface area (Å²) < 4.78 is 11.7. The van der Waals surface area contributed by atoms with Crippen molar-refractivity contribution in [2.24, 2.45) is 5.92 Å². The first-order chi connectivity index (χ1) is 7.24. The Kier molecular flexibility index (Phi) is 3.28. The van der Waals surface area contributed by atoms with Crippen LogP contribution >= 0.6 is 0 Å². The number of hydrogen-bond acceptors (Lipinski definition) is 3. The van der Waals surface area contributed by atoms with Crippen LogP contribution in [0.5, 0.6) is 0 Å². The third-order valence-corrected chi connectivity index (χ3v) is 3.62. The van der Waals surface area contributed by atoms with Crippen LogP contribution in [0.3, 0.4) is 0 Å². The molecule has 3 nitrogen and oxygen atoms in total. The zero-order valence-electron chi connectivity index (χ0n) is 9.37. The highest BCUT2D eigenvalue weighted by molar-refractivity contribution is 4.87. The van der Waals surface area contributed by atoms with Crippen molar-refractivity contribution >= 4 is 0 Å². The molecule has 0 aromatic heterocycles. The fourth-order valence-electron chi connectivity index (χ4n) is 2.70. The molecule has 0 amide bonds. The van der Waals surface area contributed by atoms with E-state index in [0.29, 0.717) is 18.9 Å². The number of nitriles is 1. The highest BCUT2D eigenvalue weighted by Gasteiger charge is 2.43. The van der Waals surface area contributed by atoms with E-state index in [1.807, 2.05) is 6.92 Å². The summed E-state index contributed by atoms with van der Waals surface area (Å²) in [7, 11) is 0. The van der Waals surface area contributed by atoms with Crippen molar-refractivity contribution in [1.29, 1.82) is 5.26 Å². The molecule has 1 heterocycles. The van der Waals surface area contributed by atoms with Gasteiger partial charge in [0.05, 0.1) is 25.2 Å². The van der Waals surface area contributed by atoms with E-state index in [9.17, 15) is 0 Å². The Morgan fingerprint density at radius 3 is 2.73 bits per heavy atom. The molecule has 2 aliphatic rings. The van der Waals surface area contributed by atoms with Crippen LogP contribution in [0.2, 0.25) is 0 Å². The van der Waals surface area contributed by atoms with Crippen LogP contribution in [-0.4, -0.2) is 18.5 Å². The number of rotatable bonds is 2. The first-order valence-electron chi connectivity index (χ1n) is 5.93. The Bertz CT molecular complexity index is 255. The molecule has 1 saturated heterocycles. The molecule has 15 heavy (non-hydrogen) atoms. The molecule has 0 bridgehead atoms. The Labute approximate surface area is 91.4 Å².